The van der Waals surface area contributed by atoms with Crippen molar-refractivity contribution in [2.75, 3.05) is 0 Å². The van der Waals surface area contributed by atoms with Crippen LogP contribution in [0.1, 0.15) is 44.2 Å². The van der Waals surface area contributed by atoms with Crippen molar-refractivity contribution in [3.05, 3.63) is 119 Å². The highest BCUT2D eigenvalue weighted by Crippen LogP contribution is 2.30. The molecular formula is C26H25N3O3S. The maximum Gasteiger partial charge on any atom is 0.264 e. The largest absolute Gasteiger partial charge is 0.348 e. The van der Waals surface area contributed by atoms with Crippen molar-refractivity contribution in [2.45, 2.75) is 31.1 Å². The lowest BCUT2D eigenvalue weighted by Gasteiger charge is -2.20. The zero-order valence-corrected chi connectivity index (χ0v) is 19.3. The number of aromatic nitrogens is 2. The number of nitrogens with one attached hydrogen (secondary N) is 2. The van der Waals surface area contributed by atoms with Crippen LogP contribution in [0.3, 0.4) is 0 Å². The molecule has 4 rings (SSSR count). The number of hydrogen-bond donors (Lipinski definition) is 2. The van der Waals surface area contributed by atoms with E-state index in [-0.39, 0.29) is 16.4 Å². The van der Waals surface area contributed by atoms with Crippen molar-refractivity contribution < 1.29 is 13.2 Å². The van der Waals surface area contributed by atoms with Gasteiger partial charge in [-0.25, -0.2) is 18.1 Å². The van der Waals surface area contributed by atoms with Crippen molar-refractivity contribution >= 4 is 15.9 Å². The van der Waals surface area contributed by atoms with E-state index in [0.29, 0.717) is 6.42 Å². The fraction of sp³-hybridized carbons (Fsp3) is 0.154. The highest BCUT2D eigenvalue weighted by atomic mass is 32.2. The van der Waals surface area contributed by atoms with Crippen molar-refractivity contribution in [3.8, 4) is 0 Å². The van der Waals surface area contributed by atoms with Gasteiger partial charge in [-0.2, -0.15) is 0 Å². The molecule has 6 nitrogen and oxygen atoms in total. The summed E-state index contributed by atoms with van der Waals surface area (Å²) >= 11 is 0. The van der Waals surface area contributed by atoms with Crippen LogP contribution >= 0.6 is 0 Å². The molecule has 2 N–H and O–H groups in total. The van der Waals surface area contributed by atoms with Crippen LogP contribution in [0.25, 0.3) is 0 Å². The SMILES string of the molecule is Cc1cccc(C(Cc2ccc(C(=O)NS(=O)(=O)c3ccccc3)cc2)c2cnc[nH]2)c1C. The second-order valence-corrected chi connectivity index (χ2v) is 9.68. The molecule has 1 amide bonds. The molecule has 3 aromatic carbocycles. The summed E-state index contributed by atoms with van der Waals surface area (Å²) in [4.78, 5) is 20.0. The lowest BCUT2D eigenvalue weighted by molar-refractivity contribution is 0.0981. The van der Waals surface area contributed by atoms with Gasteiger partial charge in [0.05, 0.1) is 11.2 Å². The molecule has 0 fully saturated rings. The van der Waals surface area contributed by atoms with E-state index in [0.717, 1.165) is 11.3 Å². The first-order valence-electron chi connectivity index (χ1n) is 10.6. The summed E-state index contributed by atoms with van der Waals surface area (Å²) in [6.07, 6.45) is 4.22. The summed E-state index contributed by atoms with van der Waals surface area (Å²) < 4.78 is 27.0. The van der Waals surface area contributed by atoms with E-state index >= 15 is 0 Å². The third-order valence-corrected chi connectivity index (χ3v) is 7.20. The Balaban J connectivity index is 1.54. The molecule has 0 saturated heterocycles. The Morgan fingerprint density at radius 2 is 1.70 bits per heavy atom. The van der Waals surface area contributed by atoms with E-state index in [1.54, 1.807) is 36.7 Å². The fourth-order valence-corrected chi connectivity index (χ4v) is 4.86. The molecule has 0 aliphatic carbocycles. The summed E-state index contributed by atoms with van der Waals surface area (Å²) in [6.45, 7) is 4.22. The van der Waals surface area contributed by atoms with Crippen molar-refractivity contribution in [1.29, 1.82) is 0 Å². The number of benzene rings is 3. The molecule has 1 atom stereocenters. The minimum atomic E-state index is -3.92. The first-order chi connectivity index (χ1) is 15.8. The number of sulfonamides is 1. The third kappa shape index (κ3) is 5.04. The predicted octanol–water partition coefficient (Wildman–Crippen LogP) is 4.52. The monoisotopic (exact) mass is 459 g/mol. The van der Waals surface area contributed by atoms with E-state index in [9.17, 15) is 13.2 Å². The van der Waals surface area contributed by atoms with Crippen LogP contribution in [0.4, 0.5) is 0 Å². The summed E-state index contributed by atoms with van der Waals surface area (Å²) in [6, 6.07) is 21.1. The van der Waals surface area contributed by atoms with Crippen LogP contribution in [-0.2, 0) is 16.4 Å². The highest BCUT2D eigenvalue weighted by Gasteiger charge is 2.21. The Hall–Kier alpha value is -3.71. The number of hydrogen-bond acceptors (Lipinski definition) is 4. The van der Waals surface area contributed by atoms with Crippen LogP contribution in [0, 0.1) is 13.8 Å². The van der Waals surface area contributed by atoms with E-state index in [2.05, 4.69) is 46.7 Å². The quantitative estimate of drug-likeness (QED) is 0.425. The molecule has 0 saturated carbocycles. The minimum absolute atomic E-state index is 0.0471. The van der Waals surface area contributed by atoms with E-state index in [4.69, 9.17) is 0 Å². The number of nitrogens with zero attached hydrogens (tertiary/aromatic N) is 1. The molecule has 7 heteroatoms. The molecule has 0 spiro atoms. The zero-order chi connectivity index (χ0) is 23.4. The predicted molar refractivity (Wildman–Crippen MR) is 128 cm³/mol. The molecule has 1 heterocycles. The maximum absolute atomic E-state index is 12.6. The number of rotatable bonds is 7. The standard InChI is InChI=1S/C26H25N3O3S/c1-18-7-6-10-23(19(18)2)24(25-16-27-17-28-25)15-20-11-13-21(14-12-20)26(30)29-33(31,32)22-8-4-3-5-9-22/h3-14,16-17,24H,15H2,1-2H3,(H,27,28)(H,29,30). The first-order valence-corrected chi connectivity index (χ1v) is 12.1. The van der Waals surface area contributed by atoms with Crippen LogP contribution in [0.5, 0.6) is 0 Å². The van der Waals surface area contributed by atoms with Gasteiger partial charge in [0.2, 0.25) is 0 Å². The first kappa shape index (κ1) is 22.5. The third-order valence-electron chi connectivity index (χ3n) is 5.85. The maximum atomic E-state index is 12.6. The molecule has 1 unspecified atom stereocenters. The van der Waals surface area contributed by atoms with Gasteiger partial charge in [0.15, 0.2) is 0 Å². The van der Waals surface area contributed by atoms with E-state index in [1.165, 1.54) is 28.8 Å². The van der Waals surface area contributed by atoms with Crippen LogP contribution in [-0.4, -0.2) is 24.3 Å². The Morgan fingerprint density at radius 1 is 0.970 bits per heavy atom. The van der Waals surface area contributed by atoms with Crippen LogP contribution in [0.15, 0.2) is 90.2 Å². The molecule has 0 radical (unpaired) electrons. The fourth-order valence-electron chi connectivity index (χ4n) is 3.86. The van der Waals surface area contributed by atoms with Gasteiger partial charge in [-0.3, -0.25) is 4.79 Å². The Kier molecular flexibility index (Phi) is 6.42. The second-order valence-electron chi connectivity index (χ2n) is 8.00. The van der Waals surface area contributed by atoms with Gasteiger partial charge < -0.3 is 4.98 Å². The summed E-state index contributed by atoms with van der Waals surface area (Å²) in [5.41, 5.74) is 6.00. The average Bonchev–Trinajstić information content (AvgIpc) is 3.35. The van der Waals surface area contributed by atoms with E-state index in [1.807, 2.05) is 18.3 Å². The Bertz CT molecular complexity index is 1350. The summed E-state index contributed by atoms with van der Waals surface area (Å²) in [7, 11) is -3.92. The number of carbonyl (C=O) groups is 1. The van der Waals surface area contributed by atoms with Gasteiger partial charge in [0, 0.05) is 23.4 Å². The number of imidazole rings is 1. The van der Waals surface area contributed by atoms with Gasteiger partial charge >= 0.3 is 0 Å². The normalized spacial score (nSPS) is 12.3. The Morgan fingerprint density at radius 3 is 2.36 bits per heavy atom. The van der Waals surface area contributed by atoms with Crippen LogP contribution in [0.2, 0.25) is 0 Å². The highest BCUT2D eigenvalue weighted by molar-refractivity contribution is 7.90. The average molecular weight is 460 g/mol. The lowest BCUT2D eigenvalue weighted by Crippen LogP contribution is -2.30. The van der Waals surface area contributed by atoms with Gasteiger partial charge in [-0.05, 0) is 66.8 Å². The number of H-pyrrole nitrogens is 1. The van der Waals surface area contributed by atoms with Crippen molar-refractivity contribution in [3.63, 3.8) is 0 Å². The van der Waals surface area contributed by atoms with Crippen LogP contribution < -0.4 is 4.72 Å². The second kappa shape index (κ2) is 9.42. The number of amides is 1. The lowest BCUT2D eigenvalue weighted by atomic mass is 9.85. The molecule has 0 aliphatic heterocycles. The zero-order valence-electron chi connectivity index (χ0n) is 18.4. The smallest absolute Gasteiger partial charge is 0.264 e. The topological polar surface area (TPSA) is 91.9 Å². The molecule has 4 aromatic rings. The number of aromatic amines is 1. The summed E-state index contributed by atoms with van der Waals surface area (Å²) in [5, 5.41) is 0. The van der Waals surface area contributed by atoms with Gasteiger partial charge in [-0.1, -0.05) is 48.5 Å². The van der Waals surface area contributed by atoms with Crippen molar-refractivity contribution in [1.82, 2.24) is 14.7 Å². The van der Waals surface area contributed by atoms with Gasteiger partial charge in [-0.15, -0.1) is 0 Å². The Labute approximate surface area is 193 Å². The molecule has 0 aliphatic rings. The molecule has 1 aromatic heterocycles. The number of carbonyl (C=O) groups excluding carboxylic acids is 1. The van der Waals surface area contributed by atoms with Crippen molar-refractivity contribution in [2.24, 2.45) is 0 Å². The number of aryl methyl sites for hydroxylation is 1. The van der Waals surface area contributed by atoms with Gasteiger partial charge in [0.1, 0.15) is 0 Å². The van der Waals surface area contributed by atoms with E-state index < -0.39 is 15.9 Å². The molecule has 168 valence electrons. The molecule has 33 heavy (non-hydrogen) atoms. The minimum Gasteiger partial charge on any atom is -0.348 e. The molecule has 0 bridgehead atoms. The summed E-state index contributed by atoms with van der Waals surface area (Å²) in [5.74, 6) is -0.587. The van der Waals surface area contributed by atoms with Gasteiger partial charge in [0.25, 0.3) is 15.9 Å². The molecular weight excluding hydrogens is 434 g/mol.